The van der Waals surface area contributed by atoms with Gasteiger partial charge in [0.1, 0.15) is 13.2 Å². The van der Waals surface area contributed by atoms with Gasteiger partial charge in [-0.05, 0) is 116 Å². The summed E-state index contributed by atoms with van der Waals surface area (Å²) in [5, 5.41) is 0. The largest absolute Gasteiger partial charge is 0.462 e. The normalized spacial score (nSPS) is 13.0. The van der Waals surface area contributed by atoms with Crippen LogP contribution in [0.15, 0.2) is 134 Å². The Balaban J connectivity index is 3.99. The lowest BCUT2D eigenvalue weighted by molar-refractivity contribution is -0.167. The van der Waals surface area contributed by atoms with Crippen molar-refractivity contribution < 1.29 is 28.6 Å². The summed E-state index contributed by atoms with van der Waals surface area (Å²) in [6.45, 7) is 6.34. The van der Waals surface area contributed by atoms with Gasteiger partial charge >= 0.3 is 17.9 Å². The molecule has 0 saturated heterocycles. The highest BCUT2D eigenvalue weighted by Gasteiger charge is 2.19. The van der Waals surface area contributed by atoms with Crippen LogP contribution in [0.1, 0.15) is 316 Å². The van der Waals surface area contributed by atoms with E-state index in [2.05, 4.69) is 154 Å². The van der Waals surface area contributed by atoms with E-state index in [0.29, 0.717) is 19.3 Å². The molecule has 0 amide bonds. The minimum absolute atomic E-state index is 0.0804. The van der Waals surface area contributed by atoms with Gasteiger partial charge in [-0.2, -0.15) is 0 Å². The van der Waals surface area contributed by atoms with Crippen LogP contribution >= 0.6 is 0 Å². The molecule has 83 heavy (non-hydrogen) atoms. The fraction of sp³-hybridized carbons (Fsp3) is 0.675. The predicted molar refractivity (Wildman–Crippen MR) is 362 cm³/mol. The van der Waals surface area contributed by atoms with Crippen molar-refractivity contribution in [2.75, 3.05) is 13.2 Å². The fourth-order valence-corrected chi connectivity index (χ4v) is 9.53. The smallest absolute Gasteiger partial charge is 0.306 e. The molecule has 0 bridgehead atoms. The molecule has 0 aromatic rings. The molecule has 0 aromatic heterocycles. The van der Waals surface area contributed by atoms with Gasteiger partial charge in [-0.15, -0.1) is 0 Å². The van der Waals surface area contributed by atoms with Crippen molar-refractivity contribution >= 4 is 17.9 Å². The summed E-state index contributed by atoms with van der Waals surface area (Å²) in [4.78, 5) is 38.0. The summed E-state index contributed by atoms with van der Waals surface area (Å²) >= 11 is 0. The SMILES string of the molecule is CC/C=C\C/C=C\C/C=C\C/C=C\C/C=C\C/C=C\CCCCCCCCCCCCCCCCCCC(=O)OCC(COC(=O)CCCCCCC)OC(=O)CCCCCCCCCCC/C=C\C/C=C\C/C=C\C/C=C\C/C=C\CC. The van der Waals surface area contributed by atoms with Gasteiger partial charge in [-0.3, -0.25) is 14.4 Å². The standard InChI is InChI=1S/C77H128O6/c1-4-7-10-13-15-17-19-21-23-25-27-29-31-33-34-35-36-37-38-39-40-41-42-44-45-47-49-51-53-55-57-59-61-64-67-70-76(79)82-73-74(72-81-75(78)69-66-63-12-9-6-3)83-77(80)71-68-65-62-60-58-56-54-52-50-48-46-43-32-30-28-26-24-22-20-18-16-14-11-8-5-2/h7-8,10-11,15-18,21-24,27-30,33-34,36-37,43,46,74H,4-6,9,12-14,19-20,25-26,31-32,35,38-42,44-45,47-73H2,1-3H3/b10-7-,11-8-,17-15-,18-16-,23-21-,24-22-,29-27-,30-28-,34-33-,37-36-,46-43-. The maximum Gasteiger partial charge on any atom is 0.306 e. The van der Waals surface area contributed by atoms with Gasteiger partial charge in [-0.1, -0.05) is 315 Å². The van der Waals surface area contributed by atoms with E-state index in [1.54, 1.807) is 0 Å². The van der Waals surface area contributed by atoms with Gasteiger partial charge in [-0.25, -0.2) is 0 Å². The fourth-order valence-electron chi connectivity index (χ4n) is 9.53. The van der Waals surface area contributed by atoms with E-state index in [1.807, 2.05) is 0 Å². The van der Waals surface area contributed by atoms with Crippen LogP contribution < -0.4 is 0 Å². The lowest BCUT2D eigenvalue weighted by atomic mass is 10.0. The minimum Gasteiger partial charge on any atom is -0.462 e. The monoisotopic (exact) mass is 1150 g/mol. The molecule has 0 saturated carbocycles. The number of ether oxygens (including phenoxy) is 3. The Morgan fingerprint density at radius 2 is 0.470 bits per heavy atom. The minimum atomic E-state index is -0.781. The summed E-state index contributed by atoms with van der Waals surface area (Å²) in [5.74, 6) is -0.894. The second kappa shape index (κ2) is 70.0. The first kappa shape index (κ1) is 78.5. The number of carbonyl (C=O) groups excluding carboxylic acids is 3. The molecular formula is C77H128O6. The Labute approximate surface area is 513 Å². The van der Waals surface area contributed by atoms with Gasteiger partial charge in [0.2, 0.25) is 0 Å². The molecular weight excluding hydrogens is 1020 g/mol. The van der Waals surface area contributed by atoms with Crippen molar-refractivity contribution in [1.29, 1.82) is 0 Å². The molecule has 0 heterocycles. The van der Waals surface area contributed by atoms with Crippen molar-refractivity contribution in [2.24, 2.45) is 0 Å². The first-order valence-electron chi connectivity index (χ1n) is 34.7. The third kappa shape index (κ3) is 68.2. The summed E-state index contributed by atoms with van der Waals surface area (Å²) in [6.07, 6.45) is 99.6. The average molecular weight is 1150 g/mol. The molecule has 472 valence electrons. The molecule has 6 nitrogen and oxygen atoms in total. The van der Waals surface area contributed by atoms with Crippen molar-refractivity contribution in [3.63, 3.8) is 0 Å². The van der Waals surface area contributed by atoms with Crippen molar-refractivity contribution in [3.05, 3.63) is 134 Å². The van der Waals surface area contributed by atoms with Crippen molar-refractivity contribution in [1.82, 2.24) is 0 Å². The molecule has 0 aromatic carbocycles. The van der Waals surface area contributed by atoms with Crippen LogP contribution in [0.5, 0.6) is 0 Å². The van der Waals surface area contributed by atoms with E-state index in [4.69, 9.17) is 14.2 Å². The molecule has 0 aliphatic rings. The van der Waals surface area contributed by atoms with Gasteiger partial charge in [0.05, 0.1) is 0 Å². The molecule has 6 heteroatoms. The van der Waals surface area contributed by atoms with Gasteiger partial charge < -0.3 is 14.2 Å². The summed E-state index contributed by atoms with van der Waals surface area (Å²) in [5.41, 5.74) is 0. The lowest BCUT2D eigenvalue weighted by Crippen LogP contribution is -2.30. The Kier molecular flexibility index (Phi) is 66.3. The molecule has 0 fully saturated rings. The number of hydrogen-bond donors (Lipinski definition) is 0. The third-order valence-corrected chi connectivity index (χ3v) is 14.7. The second-order valence-corrected chi connectivity index (χ2v) is 22.7. The zero-order valence-corrected chi connectivity index (χ0v) is 54.2. The zero-order valence-electron chi connectivity index (χ0n) is 54.2. The van der Waals surface area contributed by atoms with Crippen LogP contribution in [0.25, 0.3) is 0 Å². The number of hydrogen-bond acceptors (Lipinski definition) is 6. The number of esters is 3. The Morgan fingerprint density at radius 3 is 0.735 bits per heavy atom. The molecule has 0 aliphatic carbocycles. The van der Waals surface area contributed by atoms with Crippen LogP contribution in [0.2, 0.25) is 0 Å². The maximum atomic E-state index is 12.9. The molecule has 1 unspecified atom stereocenters. The van der Waals surface area contributed by atoms with Crippen LogP contribution in [0.4, 0.5) is 0 Å². The maximum absolute atomic E-state index is 12.9. The molecule has 0 rings (SSSR count). The molecule has 0 spiro atoms. The summed E-state index contributed by atoms with van der Waals surface area (Å²) in [7, 11) is 0. The summed E-state index contributed by atoms with van der Waals surface area (Å²) < 4.78 is 16.8. The van der Waals surface area contributed by atoms with Gasteiger partial charge in [0, 0.05) is 19.3 Å². The van der Waals surface area contributed by atoms with Crippen molar-refractivity contribution in [2.45, 2.75) is 322 Å². The quantitative estimate of drug-likeness (QED) is 0.0261. The predicted octanol–water partition coefficient (Wildman–Crippen LogP) is 24.1. The van der Waals surface area contributed by atoms with E-state index < -0.39 is 6.10 Å². The highest BCUT2D eigenvalue weighted by atomic mass is 16.6. The highest BCUT2D eigenvalue weighted by Crippen LogP contribution is 2.17. The van der Waals surface area contributed by atoms with Crippen LogP contribution in [-0.2, 0) is 28.6 Å². The number of allylic oxidation sites excluding steroid dienone is 22. The first-order chi connectivity index (χ1) is 41.0. The van der Waals surface area contributed by atoms with Crippen molar-refractivity contribution in [3.8, 4) is 0 Å². The summed E-state index contributed by atoms with van der Waals surface area (Å²) in [6, 6.07) is 0. The first-order valence-corrected chi connectivity index (χ1v) is 34.7. The van der Waals surface area contributed by atoms with Crippen LogP contribution in [0.3, 0.4) is 0 Å². The van der Waals surface area contributed by atoms with Crippen LogP contribution in [0, 0.1) is 0 Å². The van der Waals surface area contributed by atoms with Gasteiger partial charge in [0.25, 0.3) is 0 Å². The molecule has 1 atom stereocenters. The van der Waals surface area contributed by atoms with E-state index in [0.717, 1.165) is 141 Å². The number of carbonyl (C=O) groups is 3. The van der Waals surface area contributed by atoms with Gasteiger partial charge in [0.15, 0.2) is 6.10 Å². The Hall–Kier alpha value is -4.45. The molecule has 0 aliphatic heterocycles. The van der Waals surface area contributed by atoms with E-state index in [1.165, 1.54) is 135 Å². The highest BCUT2D eigenvalue weighted by molar-refractivity contribution is 5.71. The third-order valence-electron chi connectivity index (χ3n) is 14.7. The lowest BCUT2D eigenvalue weighted by Gasteiger charge is -2.18. The Bertz CT molecular complexity index is 1750. The van der Waals surface area contributed by atoms with E-state index in [9.17, 15) is 14.4 Å². The number of rotatable bonds is 62. The van der Waals surface area contributed by atoms with Crippen LogP contribution in [-0.4, -0.2) is 37.2 Å². The number of unbranched alkanes of at least 4 members (excludes halogenated alkanes) is 29. The topological polar surface area (TPSA) is 78.9 Å². The van der Waals surface area contributed by atoms with E-state index >= 15 is 0 Å². The van der Waals surface area contributed by atoms with E-state index in [-0.39, 0.29) is 31.1 Å². The zero-order chi connectivity index (χ0) is 59.9. The molecule has 0 N–H and O–H groups in total. The Morgan fingerprint density at radius 1 is 0.253 bits per heavy atom. The molecule has 0 radical (unpaired) electrons. The second-order valence-electron chi connectivity index (χ2n) is 22.7. The average Bonchev–Trinajstić information content (AvgIpc) is 3.49.